The topological polar surface area (TPSA) is 72.8 Å². The van der Waals surface area contributed by atoms with Gasteiger partial charge in [0.2, 0.25) is 0 Å². The number of hydrogen-bond donors (Lipinski definition) is 1. The molecule has 0 spiro atoms. The van der Waals surface area contributed by atoms with Gasteiger partial charge in [0.1, 0.15) is 24.6 Å². The van der Waals surface area contributed by atoms with Crippen molar-refractivity contribution in [1.29, 1.82) is 0 Å². The molecule has 2 aromatic carbocycles. The lowest BCUT2D eigenvalue weighted by atomic mass is 9.80. The lowest BCUT2D eigenvalue weighted by molar-refractivity contribution is -0.146. The molecular weight excluding hydrogens is 380 g/mol. The van der Waals surface area contributed by atoms with Crippen LogP contribution in [0.25, 0.3) is 0 Å². The maximum atomic E-state index is 12.2. The van der Waals surface area contributed by atoms with Gasteiger partial charge in [-0.1, -0.05) is 56.3 Å². The molecule has 0 fully saturated rings. The number of hydrogen-bond acceptors (Lipinski definition) is 5. The van der Waals surface area contributed by atoms with Crippen LogP contribution in [0, 0.1) is 5.92 Å². The van der Waals surface area contributed by atoms with Gasteiger partial charge in [-0.3, -0.25) is 9.59 Å². The van der Waals surface area contributed by atoms with Crippen LogP contribution in [-0.4, -0.2) is 29.1 Å². The fourth-order valence-corrected chi connectivity index (χ4v) is 3.21. The number of benzene rings is 2. The van der Waals surface area contributed by atoms with E-state index >= 15 is 0 Å². The molecule has 0 aliphatic heterocycles. The van der Waals surface area contributed by atoms with Crippen molar-refractivity contribution in [3.8, 4) is 5.75 Å². The molecule has 1 atom stereocenters. The van der Waals surface area contributed by atoms with Crippen molar-refractivity contribution in [2.75, 3.05) is 6.61 Å². The first kappa shape index (κ1) is 23.6. The first-order valence-electron chi connectivity index (χ1n) is 10.5. The quantitative estimate of drug-likeness (QED) is 0.410. The SMILES string of the molecule is CCOC(=O)CC(=O)C[C@@](O)(CCc1ccc(OCc2ccccc2)cc1)C(C)C. The summed E-state index contributed by atoms with van der Waals surface area (Å²) in [5.41, 5.74) is 1.00. The van der Waals surface area contributed by atoms with Gasteiger partial charge in [-0.2, -0.15) is 0 Å². The monoisotopic (exact) mass is 412 g/mol. The van der Waals surface area contributed by atoms with Crippen LogP contribution in [0.15, 0.2) is 54.6 Å². The summed E-state index contributed by atoms with van der Waals surface area (Å²) in [6, 6.07) is 17.8. The van der Waals surface area contributed by atoms with Crippen molar-refractivity contribution in [2.24, 2.45) is 5.92 Å². The smallest absolute Gasteiger partial charge is 0.313 e. The Morgan fingerprint density at radius 2 is 1.67 bits per heavy atom. The van der Waals surface area contributed by atoms with Crippen LogP contribution in [0.3, 0.4) is 0 Å². The van der Waals surface area contributed by atoms with Crippen molar-refractivity contribution in [3.05, 3.63) is 65.7 Å². The summed E-state index contributed by atoms with van der Waals surface area (Å²) in [7, 11) is 0. The number of ether oxygens (including phenoxy) is 2. The minimum absolute atomic E-state index is 0.0538. The standard InChI is InChI=1S/C25H32O5/c1-4-29-24(27)16-22(26)17-25(28,19(2)3)15-14-20-10-12-23(13-11-20)30-18-21-8-6-5-7-9-21/h5-13,19,28H,4,14-18H2,1-3H3/t25-/m0/s1. The molecule has 0 saturated carbocycles. The van der Waals surface area contributed by atoms with E-state index in [0.29, 0.717) is 19.4 Å². The predicted molar refractivity (Wildman–Crippen MR) is 116 cm³/mol. The van der Waals surface area contributed by atoms with Gasteiger partial charge in [-0.05, 0) is 48.9 Å². The molecule has 0 aliphatic carbocycles. The Morgan fingerprint density at radius 3 is 2.27 bits per heavy atom. The van der Waals surface area contributed by atoms with E-state index in [-0.39, 0.29) is 31.1 Å². The van der Waals surface area contributed by atoms with Crippen molar-refractivity contribution < 1.29 is 24.2 Å². The first-order valence-corrected chi connectivity index (χ1v) is 10.5. The van der Waals surface area contributed by atoms with E-state index in [1.807, 2.05) is 68.4 Å². The van der Waals surface area contributed by atoms with Crippen molar-refractivity contribution in [3.63, 3.8) is 0 Å². The fourth-order valence-electron chi connectivity index (χ4n) is 3.21. The number of carbonyl (C=O) groups excluding carboxylic acids is 2. The highest BCUT2D eigenvalue weighted by Crippen LogP contribution is 2.28. The molecule has 0 unspecified atom stereocenters. The molecular formula is C25H32O5. The highest BCUT2D eigenvalue weighted by Gasteiger charge is 2.33. The second-order valence-electron chi connectivity index (χ2n) is 7.87. The van der Waals surface area contributed by atoms with E-state index in [9.17, 15) is 14.7 Å². The zero-order valence-corrected chi connectivity index (χ0v) is 18.1. The maximum absolute atomic E-state index is 12.2. The second kappa shape index (κ2) is 11.5. The van der Waals surface area contributed by atoms with Crippen molar-refractivity contribution >= 4 is 11.8 Å². The average molecular weight is 413 g/mol. The summed E-state index contributed by atoms with van der Waals surface area (Å²) in [6.07, 6.45) is 0.710. The minimum Gasteiger partial charge on any atom is -0.489 e. The van der Waals surface area contributed by atoms with Gasteiger partial charge in [0.25, 0.3) is 0 Å². The van der Waals surface area contributed by atoms with E-state index in [4.69, 9.17) is 9.47 Å². The molecule has 0 saturated heterocycles. The number of rotatable bonds is 12. The Hall–Kier alpha value is -2.66. The fraction of sp³-hybridized carbons (Fsp3) is 0.440. The number of aryl methyl sites for hydroxylation is 1. The van der Waals surface area contributed by atoms with Crippen LogP contribution in [0.4, 0.5) is 0 Å². The van der Waals surface area contributed by atoms with Crippen LogP contribution in [0.5, 0.6) is 5.75 Å². The lowest BCUT2D eigenvalue weighted by Gasteiger charge is -2.32. The Kier molecular flexibility index (Phi) is 9.06. The number of Topliss-reactive ketones (excluding diaryl/α,β-unsaturated/α-hetero) is 1. The van der Waals surface area contributed by atoms with E-state index in [0.717, 1.165) is 16.9 Å². The van der Waals surface area contributed by atoms with Gasteiger partial charge < -0.3 is 14.6 Å². The molecule has 2 rings (SSSR count). The number of esters is 1. The van der Waals surface area contributed by atoms with E-state index in [2.05, 4.69) is 0 Å². The van der Waals surface area contributed by atoms with Gasteiger partial charge in [0, 0.05) is 6.42 Å². The molecule has 0 heterocycles. The van der Waals surface area contributed by atoms with Crippen molar-refractivity contribution in [2.45, 2.75) is 58.7 Å². The highest BCUT2D eigenvalue weighted by molar-refractivity contribution is 5.96. The Morgan fingerprint density at radius 1 is 1.00 bits per heavy atom. The molecule has 2 aromatic rings. The van der Waals surface area contributed by atoms with Crippen LogP contribution in [-0.2, 0) is 27.4 Å². The Labute approximate surface area is 179 Å². The summed E-state index contributed by atoms with van der Waals surface area (Å²) in [4.78, 5) is 23.7. The summed E-state index contributed by atoms with van der Waals surface area (Å²) in [6.45, 7) is 6.22. The third kappa shape index (κ3) is 7.64. The third-order valence-electron chi connectivity index (χ3n) is 5.24. The maximum Gasteiger partial charge on any atom is 0.313 e. The molecule has 5 nitrogen and oxygen atoms in total. The van der Waals surface area contributed by atoms with Gasteiger partial charge in [-0.25, -0.2) is 0 Å². The zero-order chi connectivity index (χ0) is 22.0. The number of carbonyl (C=O) groups is 2. The zero-order valence-electron chi connectivity index (χ0n) is 18.1. The van der Waals surface area contributed by atoms with E-state index in [1.165, 1.54) is 0 Å². The van der Waals surface area contributed by atoms with E-state index < -0.39 is 11.6 Å². The summed E-state index contributed by atoms with van der Waals surface area (Å²) in [5.74, 6) is -0.169. The van der Waals surface area contributed by atoms with Crippen LogP contribution >= 0.6 is 0 Å². The van der Waals surface area contributed by atoms with Crippen LogP contribution in [0.1, 0.15) is 51.2 Å². The molecule has 5 heteroatoms. The Bertz CT molecular complexity index is 798. The summed E-state index contributed by atoms with van der Waals surface area (Å²) >= 11 is 0. The highest BCUT2D eigenvalue weighted by atomic mass is 16.5. The average Bonchev–Trinajstić information content (AvgIpc) is 2.72. The normalized spacial score (nSPS) is 13.0. The van der Waals surface area contributed by atoms with Crippen molar-refractivity contribution in [1.82, 2.24) is 0 Å². The molecule has 30 heavy (non-hydrogen) atoms. The Balaban J connectivity index is 1.89. The second-order valence-corrected chi connectivity index (χ2v) is 7.87. The molecule has 0 amide bonds. The molecule has 0 aromatic heterocycles. The molecule has 162 valence electrons. The van der Waals surface area contributed by atoms with Gasteiger partial charge in [0.05, 0.1) is 12.2 Å². The summed E-state index contributed by atoms with van der Waals surface area (Å²) in [5, 5.41) is 11.0. The van der Waals surface area contributed by atoms with Gasteiger partial charge in [0.15, 0.2) is 0 Å². The molecule has 0 radical (unpaired) electrons. The predicted octanol–water partition coefficient (Wildman–Crippen LogP) is 4.50. The lowest BCUT2D eigenvalue weighted by Crippen LogP contribution is -2.38. The molecule has 1 N–H and O–H groups in total. The number of aliphatic hydroxyl groups is 1. The van der Waals surface area contributed by atoms with Crippen LogP contribution in [0.2, 0.25) is 0 Å². The number of ketones is 1. The largest absolute Gasteiger partial charge is 0.489 e. The molecule has 0 bridgehead atoms. The van der Waals surface area contributed by atoms with Crippen LogP contribution < -0.4 is 4.74 Å². The summed E-state index contributed by atoms with van der Waals surface area (Å²) < 4.78 is 10.6. The van der Waals surface area contributed by atoms with E-state index in [1.54, 1.807) is 6.92 Å². The molecule has 0 aliphatic rings. The first-order chi connectivity index (χ1) is 14.3. The van der Waals surface area contributed by atoms with Gasteiger partial charge in [-0.15, -0.1) is 0 Å². The van der Waals surface area contributed by atoms with Gasteiger partial charge >= 0.3 is 5.97 Å². The third-order valence-corrected chi connectivity index (χ3v) is 5.24. The minimum atomic E-state index is -1.16.